The number of rotatable bonds is 6. The van der Waals surface area contributed by atoms with Crippen LogP contribution in [0, 0.1) is 0 Å². The van der Waals surface area contributed by atoms with Crippen LogP contribution >= 0.6 is 11.3 Å². The van der Waals surface area contributed by atoms with Crippen LogP contribution in [0.3, 0.4) is 0 Å². The van der Waals surface area contributed by atoms with Gasteiger partial charge < -0.3 is 4.90 Å². The third-order valence-corrected chi connectivity index (χ3v) is 12.4. The summed E-state index contributed by atoms with van der Waals surface area (Å²) < 4.78 is 1.32. The molecule has 1 aliphatic carbocycles. The lowest BCUT2D eigenvalue weighted by molar-refractivity contribution is 0.660. The van der Waals surface area contributed by atoms with Crippen LogP contribution in [0.5, 0.6) is 0 Å². The summed E-state index contributed by atoms with van der Waals surface area (Å²) in [5.74, 6) is 0.190. The maximum atomic E-state index is 5.30. The van der Waals surface area contributed by atoms with Gasteiger partial charge in [-0.3, -0.25) is 4.99 Å². The molecule has 1 atom stereocenters. The zero-order chi connectivity index (χ0) is 35.5. The van der Waals surface area contributed by atoms with Gasteiger partial charge in [0, 0.05) is 38.0 Å². The quantitative estimate of drug-likeness (QED) is 0.169. The van der Waals surface area contributed by atoms with Crippen molar-refractivity contribution in [3.63, 3.8) is 0 Å². The van der Waals surface area contributed by atoms with E-state index in [1.807, 2.05) is 11.3 Å². The van der Waals surface area contributed by atoms with Gasteiger partial charge in [-0.2, -0.15) is 0 Å². The Balaban J connectivity index is 1.07. The minimum absolute atomic E-state index is 0.0929. The lowest BCUT2D eigenvalue weighted by Crippen LogP contribution is -2.20. The Bertz CT molecular complexity index is 2630. The number of anilines is 3. The lowest BCUT2D eigenvalue weighted by atomic mass is 9.82. The number of nitrogens with zero attached hydrogens (tertiary/aromatic N) is 2. The molecular weight excluding hydrogens is 661 g/mol. The summed E-state index contributed by atoms with van der Waals surface area (Å²) >= 11 is 1.85. The molecule has 0 N–H and O–H groups in total. The van der Waals surface area contributed by atoms with Gasteiger partial charge in [0.25, 0.3) is 0 Å². The van der Waals surface area contributed by atoms with Crippen LogP contribution in [0.1, 0.15) is 47.6 Å². The Hall–Kier alpha value is -6.03. The summed E-state index contributed by atoms with van der Waals surface area (Å²) in [6.45, 7) is 4.71. The Kier molecular flexibility index (Phi) is 7.52. The predicted octanol–water partition coefficient (Wildman–Crippen LogP) is 13.8. The summed E-state index contributed by atoms with van der Waals surface area (Å²) in [6, 6.07) is 64.4. The molecule has 2 nitrogen and oxygen atoms in total. The molecule has 7 aromatic carbocycles. The molecule has 1 aliphatic heterocycles. The predicted molar refractivity (Wildman–Crippen MR) is 225 cm³/mol. The van der Waals surface area contributed by atoms with Crippen molar-refractivity contribution in [3.8, 4) is 21.6 Å². The molecule has 1 unspecified atom stereocenters. The van der Waals surface area contributed by atoms with Crippen molar-refractivity contribution in [2.45, 2.75) is 31.6 Å². The molecule has 254 valence electrons. The van der Waals surface area contributed by atoms with E-state index < -0.39 is 0 Å². The minimum Gasteiger partial charge on any atom is -0.310 e. The fourth-order valence-corrected chi connectivity index (χ4v) is 9.57. The van der Waals surface area contributed by atoms with Gasteiger partial charge in [-0.05, 0) is 111 Å². The summed E-state index contributed by atoms with van der Waals surface area (Å²) in [5.41, 5.74) is 15.9. The van der Waals surface area contributed by atoms with Gasteiger partial charge in [0.05, 0.1) is 11.4 Å². The van der Waals surface area contributed by atoms with Gasteiger partial charge in [-0.15, -0.1) is 11.3 Å². The van der Waals surface area contributed by atoms with E-state index in [0.717, 1.165) is 40.4 Å². The first-order valence-corrected chi connectivity index (χ1v) is 19.3. The van der Waals surface area contributed by atoms with Crippen LogP contribution < -0.4 is 4.90 Å². The Morgan fingerprint density at radius 3 is 2.00 bits per heavy atom. The standard InChI is InChI=1S/C50H38N2S/c1-50(2)44-17-9-8-16-41(44)42-29-28-40(32-45(42)50)52(38-24-20-34(21-25-38)48-31-37-15-7-11-19-47(37)53-48)39-26-22-35(23-27-39)49-43(33-12-4-3-5-13-33)30-36-14-6-10-18-46(36)51-49/h3-29,31-32,43H,30H2,1-2H3. The van der Waals surface area contributed by atoms with Crippen LogP contribution in [-0.2, 0) is 11.8 Å². The summed E-state index contributed by atoms with van der Waals surface area (Å²) in [6.07, 6.45) is 0.937. The zero-order valence-electron chi connectivity index (χ0n) is 29.8. The maximum absolute atomic E-state index is 5.30. The van der Waals surface area contributed by atoms with Gasteiger partial charge in [0.1, 0.15) is 0 Å². The van der Waals surface area contributed by atoms with Crippen molar-refractivity contribution in [1.29, 1.82) is 0 Å². The van der Waals surface area contributed by atoms with Crippen molar-refractivity contribution >= 4 is 49.9 Å². The number of benzene rings is 7. The highest BCUT2D eigenvalue weighted by Crippen LogP contribution is 2.51. The van der Waals surface area contributed by atoms with Gasteiger partial charge >= 0.3 is 0 Å². The molecule has 0 amide bonds. The smallest absolute Gasteiger partial charge is 0.0665 e. The normalized spacial score (nSPS) is 15.4. The summed E-state index contributed by atoms with van der Waals surface area (Å²) in [4.78, 5) is 8.99. The summed E-state index contributed by atoms with van der Waals surface area (Å²) in [7, 11) is 0. The molecule has 1 aromatic heterocycles. The molecular formula is C50H38N2S. The van der Waals surface area contributed by atoms with E-state index in [1.165, 1.54) is 53.9 Å². The fraction of sp³-hybridized carbons (Fsp3) is 0.100. The van der Waals surface area contributed by atoms with E-state index in [4.69, 9.17) is 4.99 Å². The van der Waals surface area contributed by atoms with Gasteiger partial charge in [-0.1, -0.05) is 135 Å². The molecule has 0 bridgehead atoms. The Morgan fingerprint density at radius 2 is 1.21 bits per heavy atom. The molecule has 53 heavy (non-hydrogen) atoms. The summed E-state index contributed by atoms with van der Waals surface area (Å²) in [5, 5.41) is 1.29. The van der Waals surface area contributed by atoms with E-state index >= 15 is 0 Å². The number of para-hydroxylation sites is 1. The first-order chi connectivity index (χ1) is 26.0. The molecule has 3 heteroatoms. The molecule has 8 aromatic rings. The van der Waals surface area contributed by atoms with Gasteiger partial charge in [0.15, 0.2) is 0 Å². The van der Waals surface area contributed by atoms with E-state index in [-0.39, 0.29) is 11.3 Å². The molecule has 0 radical (unpaired) electrons. The number of hydrogen-bond donors (Lipinski definition) is 0. The second kappa shape index (κ2) is 12.6. The fourth-order valence-electron chi connectivity index (χ4n) is 8.50. The SMILES string of the molecule is CC1(C)c2ccccc2-c2ccc(N(c3ccc(C4=Nc5ccccc5CC4c4ccccc4)cc3)c3ccc(-c4cc5ccccc5s4)cc3)cc21. The Morgan fingerprint density at radius 1 is 0.566 bits per heavy atom. The molecule has 2 heterocycles. The Labute approximate surface area is 315 Å². The van der Waals surface area contributed by atoms with Crippen LogP contribution in [0.15, 0.2) is 181 Å². The van der Waals surface area contributed by atoms with E-state index in [1.54, 1.807) is 0 Å². The van der Waals surface area contributed by atoms with Gasteiger partial charge in [-0.25, -0.2) is 0 Å². The minimum atomic E-state index is -0.0929. The average Bonchev–Trinajstić information content (AvgIpc) is 3.75. The first kappa shape index (κ1) is 31.7. The third kappa shape index (κ3) is 5.43. The lowest BCUT2D eigenvalue weighted by Gasteiger charge is -2.29. The van der Waals surface area contributed by atoms with Crippen LogP contribution in [-0.4, -0.2) is 5.71 Å². The van der Waals surface area contributed by atoms with Crippen molar-refractivity contribution in [1.82, 2.24) is 0 Å². The number of aliphatic imine (C=N–C) groups is 1. The highest BCUT2D eigenvalue weighted by Gasteiger charge is 2.36. The number of fused-ring (bicyclic) bond motifs is 5. The largest absolute Gasteiger partial charge is 0.310 e. The van der Waals surface area contributed by atoms with E-state index in [2.05, 4.69) is 195 Å². The molecule has 0 saturated carbocycles. The highest BCUT2D eigenvalue weighted by molar-refractivity contribution is 7.22. The first-order valence-electron chi connectivity index (χ1n) is 18.5. The van der Waals surface area contributed by atoms with Gasteiger partial charge in [0.2, 0.25) is 0 Å². The van der Waals surface area contributed by atoms with Crippen molar-refractivity contribution < 1.29 is 0 Å². The van der Waals surface area contributed by atoms with Crippen molar-refractivity contribution in [2.75, 3.05) is 4.90 Å². The molecule has 2 aliphatic rings. The molecule has 0 spiro atoms. The molecule has 0 fully saturated rings. The van der Waals surface area contributed by atoms with Crippen LogP contribution in [0.25, 0.3) is 31.7 Å². The monoisotopic (exact) mass is 698 g/mol. The maximum Gasteiger partial charge on any atom is 0.0665 e. The van der Waals surface area contributed by atoms with Crippen LogP contribution in [0.4, 0.5) is 22.7 Å². The molecule has 0 saturated heterocycles. The van der Waals surface area contributed by atoms with E-state index in [9.17, 15) is 0 Å². The van der Waals surface area contributed by atoms with Crippen molar-refractivity contribution in [2.24, 2.45) is 4.99 Å². The topological polar surface area (TPSA) is 15.6 Å². The second-order valence-corrected chi connectivity index (χ2v) is 15.9. The highest BCUT2D eigenvalue weighted by atomic mass is 32.1. The van der Waals surface area contributed by atoms with Crippen LogP contribution in [0.2, 0.25) is 0 Å². The zero-order valence-corrected chi connectivity index (χ0v) is 30.6. The second-order valence-electron chi connectivity index (χ2n) is 14.8. The number of hydrogen-bond acceptors (Lipinski definition) is 3. The van der Waals surface area contributed by atoms with Crippen molar-refractivity contribution in [3.05, 3.63) is 204 Å². The number of thiophene rings is 1. The third-order valence-electron chi connectivity index (χ3n) is 11.3. The molecule has 10 rings (SSSR count). The average molecular weight is 699 g/mol. The van der Waals surface area contributed by atoms with E-state index in [0.29, 0.717) is 0 Å².